The van der Waals surface area contributed by atoms with Gasteiger partial charge in [-0.25, -0.2) is 9.97 Å². The number of carbonyl (C=O) groups is 1. The van der Waals surface area contributed by atoms with E-state index in [1.807, 2.05) is 6.07 Å². The summed E-state index contributed by atoms with van der Waals surface area (Å²) in [7, 11) is 0. The molecule has 0 unspecified atom stereocenters. The fourth-order valence-corrected chi connectivity index (χ4v) is 1.43. The molecule has 1 aromatic heterocycles. The van der Waals surface area contributed by atoms with Crippen LogP contribution in [0.5, 0.6) is 0 Å². The molecule has 1 aromatic rings. The van der Waals surface area contributed by atoms with E-state index in [9.17, 15) is 4.79 Å². The van der Waals surface area contributed by atoms with Gasteiger partial charge >= 0.3 is 0 Å². The van der Waals surface area contributed by atoms with Crippen molar-refractivity contribution in [2.24, 2.45) is 0 Å². The maximum absolute atomic E-state index is 10.4. The molecular formula is C13H20N2O. The molecule has 0 saturated heterocycles. The lowest BCUT2D eigenvalue weighted by atomic mass is 10.1. The summed E-state index contributed by atoms with van der Waals surface area (Å²) in [5, 5.41) is 0. The van der Waals surface area contributed by atoms with Crippen molar-refractivity contribution in [2.75, 3.05) is 0 Å². The van der Waals surface area contributed by atoms with Crippen LogP contribution in [-0.2, 0) is 11.2 Å². The Bertz CT molecular complexity index is 333. The summed E-state index contributed by atoms with van der Waals surface area (Å²) in [6, 6.07) is 2.01. The van der Waals surface area contributed by atoms with E-state index in [0.29, 0.717) is 24.7 Å². The fourth-order valence-electron chi connectivity index (χ4n) is 1.43. The van der Waals surface area contributed by atoms with Crippen molar-refractivity contribution >= 4 is 6.29 Å². The van der Waals surface area contributed by atoms with Gasteiger partial charge in [0.1, 0.15) is 12.1 Å². The number of hydrogen-bond donors (Lipinski definition) is 0. The van der Waals surface area contributed by atoms with Crippen LogP contribution in [0.4, 0.5) is 0 Å². The minimum atomic E-state index is 0.327. The molecule has 0 aromatic carbocycles. The molecule has 0 aliphatic rings. The first-order chi connectivity index (χ1) is 7.54. The zero-order valence-corrected chi connectivity index (χ0v) is 10.5. The highest BCUT2D eigenvalue weighted by molar-refractivity contribution is 5.49. The van der Waals surface area contributed by atoms with Crippen molar-refractivity contribution < 1.29 is 4.79 Å². The third-order valence-electron chi connectivity index (χ3n) is 2.44. The van der Waals surface area contributed by atoms with Crippen LogP contribution in [0.15, 0.2) is 6.07 Å². The van der Waals surface area contributed by atoms with Crippen molar-refractivity contribution in [3.8, 4) is 0 Å². The Balaban J connectivity index is 3.03. The summed E-state index contributed by atoms with van der Waals surface area (Å²) < 4.78 is 0. The number of rotatable bonds is 5. The van der Waals surface area contributed by atoms with Crippen LogP contribution in [0.1, 0.15) is 63.2 Å². The zero-order valence-electron chi connectivity index (χ0n) is 10.5. The quantitative estimate of drug-likeness (QED) is 0.717. The second kappa shape index (κ2) is 5.73. The predicted molar refractivity (Wildman–Crippen MR) is 64.6 cm³/mol. The summed E-state index contributed by atoms with van der Waals surface area (Å²) in [5.41, 5.74) is 2.05. The molecule has 0 radical (unpaired) electrons. The second-order valence-corrected chi connectivity index (χ2v) is 4.66. The van der Waals surface area contributed by atoms with Crippen molar-refractivity contribution in [1.82, 2.24) is 9.97 Å². The van der Waals surface area contributed by atoms with Crippen LogP contribution >= 0.6 is 0 Å². The molecule has 16 heavy (non-hydrogen) atoms. The molecule has 1 heterocycles. The van der Waals surface area contributed by atoms with Gasteiger partial charge in [0, 0.05) is 23.7 Å². The maximum Gasteiger partial charge on any atom is 0.131 e. The molecule has 88 valence electrons. The largest absolute Gasteiger partial charge is 0.303 e. The highest BCUT2D eigenvalue weighted by Crippen LogP contribution is 2.17. The SMILES string of the molecule is CC(C)c1cc(CCC=O)nc(C(C)C)n1. The summed E-state index contributed by atoms with van der Waals surface area (Å²) in [5.74, 6) is 1.61. The Morgan fingerprint density at radius 1 is 1.19 bits per heavy atom. The molecule has 3 nitrogen and oxygen atoms in total. The van der Waals surface area contributed by atoms with Crippen LogP contribution in [0.25, 0.3) is 0 Å². The van der Waals surface area contributed by atoms with Crippen molar-refractivity contribution in [3.05, 3.63) is 23.3 Å². The van der Waals surface area contributed by atoms with Crippen LogP contribution < -0.4 is 0 Å². The standard InChI is InChI=1S/C13H20N2O/c1-9(2)12-8-11(6-5-7-16)14-13(15-12)10(3)4/h7-10H,5-6H2,1-4H3. The van der Waals surface area contributed by atoms with E-state index >= 15 is 0 Å². The second-order valence-electron chi connectivity index (χ2n) is 4.66. The van der Waals surface area contributed by atoms with Gasteiger partial charge in [0.2, 0.25) is 0 Å². The molecule has 0 saturated carbocycles. The molecule has 1 rings (SSSR count). The lowest BCUT2D eigenvalue weighted by Crippen LogP contribution is -2.06. The third-order valence-corrected chi connectivity index (χ3v) is 2.44. The first-order valence-corrected chi connectivity index (χ1v) is 5.86. The highest BCUT2D eigenvalue weighted by Gasteiger charge is 2.10. The van der Waals surface area contributed by atoms with E-state index in [1.165, 1.54) is 0 Å². The van der Waals surface area contributed by atoms with Crippen LogP contribution in [0, 0.1) is 0 Å². The number of aldehydes is 1. The summed E-state index contributed by atoms with van der Waals surface area (Å²) in [4.78, 5) is 19.4. The summed E-state index contributed by atoms with van der Waals surface area (Å²) in [6.07, 6.45) is 2.18. The van der Waals surface area contributed by atoms with Gasteiger partial charge in [-0.3, -0.25) is 0 Å². The summed E-state index contributed by atoms with van der Waals surface area (Å²) >= 11 is 0. The Morgan fingerprint density at radius 2 is 1.88 bits per heavy atom. The normalized spacial score (nSPS) is 11.1. The Kier molecular flexibility index (Phi) is 4.59. The molecule has 0 aliphatic heterocycles. The Morgan fingerprint density at radius 3 is 2.38 bits per heavy atom. The first-order valence-electron chi connectivity index (χ1n) is 5.86. The molecule has 0 aliphatic carbocycles. The van der Waals surface area contributed by atoms with Gasteiger partial charge in [0.15, 0.2) is 0 Å². The van der Waals surface area contributed by atoms with Crippen LogP contribution in [-0.4, -0.2) is 16.3 Å². The lowest BCUT2D eigenvalue weighted by molar-refractivity contribution is -0.107. The maximum atomic E-state index is 10.4. The van der Waals surface area contributed by atoms with Gasteiger partial charge in [-0.05, 0) is 18.4 Å². The number of aryl methyl sites for hydroxylation is 1. The van der Waals surface area contributed by atoms with Gasteiger partial charge in [0.25, 0.3) is 0 Å². The van der Waals surface area contributed by atoms with E-state index in [-0.39, 0.29) is 0 Å². The average molecular weight is 220 g/mol. The number of nitrogens with zero attached hydrogens (tertiary/aromatic N) is 2. The van der Waals surface area contributed by atoms with Crippen LogP contribution in [0.3, 0.4) is 0 Å². The zero-order chi connectivity index (χ0) is 12.1. The average Bonchev–Trinajstić information content (AvgIpc) is 2.25. The topological polar surface area (TPSA) is 42.9 Å². The number of aromatic nitrogens is 2. The molecule has 0 fully saturated rings. The van der Waals surface area contributed by atoms with E-state index in [1.54, 1.807) is 0 Å². The van der Waals surface area contributed by atoms with E-state index in [0.717, 1.165) is 23.5 Å². The Hall–Kier alpha value is -1.25. The van der Waals surface area contributed by atoms with Gasteiger partial charge in [-0.2, -0.15) is 0 Å². The smallest absolute Gasteiger partial charge is 0.131 e. The number of carbonyl (C=O) groups excluding carboxylic acids is 1. The number of hydrogen-bond acceptors (Lipinski definition) is 3. The molecule has 3 heteroatoms. The molecule has 0 amide bonds. The van der Waals surface area contributed by atoms with E-state index in [4.69, 9.17) is 0 Å². The highest BCUT2D eigenvalue weighted by atomic mass is 16.1. The first kappa shape index (κ1) is 12.8. The van der Waals surface area contributed by atoms with Gasteiger partial charge in [-0.1, -0.05) is 27.7 Å². The molecule has 0 N–H and O–H groups in total. The third kappa shape index (κ3) is 3.40. The van der Waals surface area contributed by atoms with Gasteiger partial charge in [0.05, 0.1) is 0 Å². The molecule has 0 atom stereocenters. The summed E-state index contributed by atoms with van der Waals surface area (Å²) in [6.45, 7) is 8.41. The van der Waals surface area contributed by atoms with Crippen LogP contribution in [0.2, 0.25) is 0 Å². The minimum Gasteiger partial charge on any atom is -0.303 e. The molecule has 0 spiro atoms. The predicted octanol–water partition coefficient (Wildman–Crippen LogP) is 2.85. The van der Waals surface area contributed by atoms with Crippen molar-refractivity contribution in [3.63, 3.8) is 0 Å². The van der Waals surface area contributed by atoms with E-state index < -0.39 is 0 Å². The monoisotopic (exact) mass is 220 g/mol. The van der Waals surface area contributed by atoms with E-state index in [2.05, 4.69) is 37.7 Å². The molecule has 0 bridgehead atoms. The van der Waals surface area contributed by atoms with Gasteiger partial charge < -0.3 is 4.79 Å². The Labute approximate surface area is 97.3 Å². The van der Waals surface area contributed by atoms with Gasteiger partial charge in [-0.15, -0.1) is 0 Å². The van der Waals surface area contributed by atoms with Crippen molar-refractivity contribution in [1.29, 1.82) is 0 Å². The fraction of sp³-hybridized carbons (Fsp3) is 0.615. The minimum absolute atomic E-state index is 0.327. The lowest BCUT2D eigenvalue weighted by Gasteiger charge is -2.11. The molecular weight excluding hydrogens is 200 g/mol. The van der Waals surface area contributed by atoms with Crippen molar-refractivity contribution in [2.45, 2.75) is 52.4 Å².